The van der Waals surface area contributed by atoms with Crippen LogP contribution in [0.3, 0.4) is 0 Å². The predicted molar refractivity (Wildman–Crippen MR) is 247 cm³/mol. The van der Waals surface area contributed by atoms with Crippen LogP contribution in [0.25, 0.3) is 21.8 Å². The highest BCUT2D eigenvalue weighted by Gasteiger charge is 2.41. The third-order valence-corrected chi connectivity index (χ3v) is 12.0. The first-order valence-corrected chi connectivity index (χ1v) is 22.0. The number of amides is 3. The second-order valence-corrected chi connectivity index (χ2v) is 18.4. The van der Waals surface area contributed by atoms with E-state index in [4.69, 9.17) is 20.1 Å². The molecule has 320 valence electrons. The van der Waals surface area contributed by atoms with Crippen LogP contribution in [-0.4, -0.2) is 55.3 Å². The minimum Gasteiger partial charge on any atom is -0.444 e. The molecular weight excluding hydrogens is 807 g/mol. The van der Waals surface area contributed by atoms with Gasteiger partial charge in [0.25, 0.3) is 0 Å². The molecule has 5 aromatic carbocycles. The summed E-state index contributed by atoms with van der Waals surface area (Å²) in [7, 11) is 0. The van der Waals surface area contributed by atoms with Crippen LogP contribution in [0.1, 0.15) is 75.3 Å². The average molecular weight is 858 g/mol. The summed E-state index contributed by atoms with van der Waals surface area (Å²) >= 11 is 1.56. The molecule has 3 amide bonds. The summed E-state index contributed by atoms with van der Waals surface area (Å²) in [5, 5.41) is 22.4. The van der Waals surface area contributed by atoms with Gasteiger partial charge in [-0.25, -0.2) is 4.79 Å². The van der Waals surface area contributed by atoms with Crippen molar-refractivity contribution in [2.45, 2.75) is 83.1 Å². The molecule has 7 aromatic rings. The van der Waals surface area contributed by atoms with E-state index in [1.807, 2.05) is 96.4 Å². The summed E-state index contributed by atoms with van der Waals surface area (Å²) in [6.45, 7) is 9.16. The molecule has 0 spiro atoms. The number of aryl methyl sites for hydroxylation is 1. The lowest BCUT2D eigenvalue weighted by molar-refractivity contribution is -0.128. The number of benzene rings is 5. The van der Waals surface area contributed by atoms with E-state index >= 15 is 0 Å². The zero-order chi connectivity index (χ0) is 44.2. The first-order chi connectivity index (χ1) is 30.3. The number of tetrazole rings is 1. The number of alkyl carbamates (subject to hydrolysis) is 1. The summed E-state index contributed by atoms with van der Waals surface area (Å²) < 4.78 is 5.40. The molecule has 1 aliphatic heterocycles. The predicted octanol–water partition coefficient (Wildman–Crippen LogP) is 9.57. The molecule has 3 heterocycles. The van der Waals surface area contributed by atoms with Gasteiger partial charge in [-0.3, -0.25) is 9.59 Å². The zero-order valence-corrected chi connectivity index (χ0v) is 36.9. The van der Waals surface area contributed by atoms with Crippen molar-refractivity contribution in [3.8, 4) is 21.8 Å². The number of para-hydroxylation sites is 1. The maximum absolute atomic E-state index is 14.3. The van der Waals surface area contributed by atoms with Crippen LogP contribution in [0.5, 0.6) is 0 Å². The standard InChI is InChI=1S/C51H51N7O4S/c1-49(2,3)62-48(61)53-50(4,5)33-44(59)52-42-30-29-37-17-15-16-24-43(37)57(47(42)60)34-35-25-27-36(28-26-35)41-31-32-63-45(41)46-54-56-58(55-46)51(38-18-9-6-10-19-38,39-20-11-7-12-21-39)40-22-13-8-14-23-40/h6-28,31-32,42H,29-30,33-34H2,1-5H3,(H,52,59)(H,53,61)/t42-/m1/s1. The van der Waals surface area contributed by atoms with Crippen LogP contribution in [0, 0.1) is 0 Å². The fraction of sp³-hybridized carbons (Fsp3) is 0.255. The van der Waals surface area contributed by atoms with E-state index in [9.17, 15) is 14.4 Å². The molecule has 1 aliphatic rings. The normalized spacial score (nSPS) is 14.4. The van der Waals surface area contributed by atoms with Gasteiger partial charge in [0.05, 0.1) is 11.4 Å². The quantitative estimate of drug-likeness (QED) is 0.117. The molecule has 11 nitrogen and oxygen atoms in total. The first kappa shape index (κ1) is 42.8. The Morgan fingerprint density at radius 1 is 0.762 bits per heavy atom. The van der Waals surface area contributed by atoms with Gasteiger partial charge in [-0.2, -0.15) is 0 Å². The van der Waals surface area contributed by atoms with Gasteiger partial charge in [-0.1, -0.05) is 133 Å². The number of nitrogens with one attached hydrogen (secondary N) is 2. The second kappa shape index (κ2) is 17.8. The highest BCUT2D eigenvalue weighted by Crippen LogP contribution is 2.41. The summed E-state index contributed by atoms with van der Waals surface area (Å²) in [4.78, 5) is 44.7. The molecule has 2 aromatic heterocycles. The molecule has 0 fully saturated rings. The number of carbonyl (C=O) groups is 3. The number of nitrogens with zero attached hydrogens (tertiary/aromatic N) is 5. The topological polar surface area (TPSA) is 131 Å². The lowest BCUT2D eigenvalue weighted by Crippen LogP contribution is -2.52. The fourth-order valence-corrected chi connectivity index (χ4v) is 9.14. The van der Waals surface area contributed by atoms with E-state index in [0.717, 1.165) is 49.5 Å². The number of carbonyl (C=O) groups excluding carboxylic acids is 3. The van der Waals surface area contributed by atoms with Crippen molar-refractivity contribution in [1.82, 2.24) is 30.8 Å². The number of hydrogen-bond donors (Lipinski definition) is 2. The first-order valence-electron chi connectivity index (χ1n) is 21.1. The Morgan fingerprint density at radius 2 is 1.35 bits per heavy atom. The highest BCUT2D eigenvalue weighted by molar-refractivity contribution is 7.14. The lowest BCUT2D eigenvalue weighted by Gasteiger charge is -2.34. The van der Waals surface area contributed by atoms with Crippen molar-refractivity contribution in [2.75, 3.05) is 4.90 Å². The molecule has 0 bridgehead atoms. The third-order valence-electron chi connectivity index (χ3n) is 11.1. The zero-order valence-electron chi connectivity index (χ0n) is 36.1. The Labute approximate surface area is 372 Å². The van der Waals surface area contributed by atoms with Gasteiger partial charge in [0.15, 0.2) is 5.54 Å². The molecule has 63 heavy (non-hydrogen) atoms. The van der Waals surface area contributed by atoms with E-state index in [1.54, 1.807) is 55.7 Å². The number of thiophene rings is 1. The van der Waals surface area contributed by atoms with E-state index in [1.165, 1.54) is 0 Å². The smallest absolute Gasteiger partial charge is 0.408 e. The van der Waals surface area contributed by atoms with E-state index < -0.39 is 28.8 Å². The summed E-state index contributed by atoms with van der Waals surface area (Å²) in [6.07, 6.45) is 0.421. The van der Waals surface area contributed by atoms with Crippen molar-refractivity contribution in [2.24, 2.45) is 0 Å². The number of ether oxygens (including phenoxy) is 1. The molecule has 0 saturated heterocycles. The minimum atomic E-state index is -0.906. The van der Waals surface area contributed by atoms with Crippen molar-refractivity contribution in [3.05, 3.63) is 179 Å². The average Bonchev–Trinajstić information content (AvgIpc) is 3.94. The van der Waals surface area contributed by atoms with Gasteiger partial charge in [0.1, 0.15) is 11.6 Å². The van der Waals surface area contributed by atoms with Gasteiger partial charge < -0.3 is 20.3 Å². The summed E-state index contributed by atoms with van der Waals surface area (Å²) in [5.41, 5.74) is 5.26. The maximum Gasteiger partial charge on any atom is 0.408 e. The van der Waals surface area contributed by atoms with Crippen LogP contribution >= 0.6 is 11.3 Å². The molecule has 12 heteroatoms. The monoisotopic (exact) mass is 857 g/mol. The van der Waals surface area contributed by atoms with Gasteiger partial charge >= 0.3 is 6.09 Å². The Hall–Kier alpha value is -6.92. The Bertz CT molecular complexity index is 2590. The fourth-order valence-electron chi connectivity index (χ4n) is 8.30. The van der Waals surface area contributed by atoms with Gasteiger partial charge in [0.2, 0.25) is 17.6 Å². The van der Waals surface area contributed by atoms with Crippen molar-refractivity contribution in [1.29, 1.82) is 0 Å². The molecule has 0 radical (unpaired) electrons. The molecule has 2 N–H and O–H groups in total. The van der Waals surface area contributed by atoms with Crippen LogP contribution in [0.4, 0.5) is 10.5 Å². The van der Waals surface area contributed by atoms with Crippen LogP contribution < -0.4 is 15.5 Å². The van der Waals surface area contributed by atoms with Crippen molar-refractivity contribution >= 4 is 34.9 Å². The number of hydrogen-bond acceptors (Lipinski definition) is 8. The molecule has 0 aliphatic carbocycles. The molecule has 0 saturated carbocycles. The SMILES string of the molecule is CC(C)(CC(=O)N[C@@H]1CCc2ccccc2N(Cc2ccc(-c3ccsc3-c3nnn(C(c4ccccc4)(c4ccccc4)c4ccccc4)n3)cc2)C1=O)NC(=O)OC(C)(C)C. The highest BCUT2D eigenvalue weighted by atomic mass is 32.1. The van der Waals surface area contributed by atoms with Crippen molar-refractivity contribution in [3.63, 3.8) is 0 Å². The number of fused-ring (bicyclic) bond motifs is 1. The summed E-state index contributed by atoms with van der Waals surface area (Å²) in [6, 6.07) is 48.2. The number of anilines is 1. The maximum atomic E-state index is 14.3. The third kappa shape index (κ3) is 9.31. The Morgan fingerprint density at radius 3 is 1.95 bits per heavy atom. The molecule has 0 unspecified atom stereocenters. The van der Waals surface area contributed by atoms with Crippen LogP contribution in [0.15, 0.2) is 151 Å². The van der Waals surface area contributed by atoms with Crippen molar-refractivity contribution < 1.29 is 19.1 Å². The van der Waals surface area contributed by atoms with Crippen LogP contribution in [-0.2, 0) is 32.8 Å². The van der Waals surface area contributed by atoms with Gasteiger partial charge in [-0.05, 0) is 104 Å². The van der Waals surface area contributed by atoms with Gasteiger partial charge in [-0.15, -0.1) is 26.3 Å². The molecule has 1 atom stereocenters. The largest absolute Gasteiger partial charge is 0.444 e. The number of aromatic nitrogens is 4. The van der Waals surface area contributed by atoms with Gasteiger partial charge in [0, 0.05) is 23.2 Å². The van der Waals surface area contributed by atoms with Crippen LogP contribution in [0.2, 0.25) is 0 Å². The van der Waals surface area contributed by atoms with E-state index in [-0.39, 0.29) is 18.2 Å². The minimum absolute atomic E-state index is 0.0330. The molecule has 8 rings (SSSR count). The lowest BCUT2D eigenvalue weighted by atomic mass is 9.77. The number of rotatable bonds is 12. The van der Waals surface area contributed by atoms with E-state index in [0.29, 0.717) is 25.2 Å². The Balaban J connectivity index is 1.04. The second-order valence-electron chi connectivity index (χ2n) is 17.5. The van der Waals surface area contributed by atoms with E-state index in [2.05, 4.69) is 65.2 Å². The molecular formula is C51H51N7O4S. The summed E-state index contributed by atoms with van der Waals surface area (Å²) in [5.74, 6) is -0.0149. The Kier molecular flexibility index (Phi) is 12.1.